The van der Waals surface area contributed by atoms with Crippen LogP contribution in [-0.4, -0.2) is 60.1 Å². The van der Waals surface area contributed by atoms with E-state index in [0.717, 1.165) is 26.1 Å². The van der Waals surface area contributed by atoms with Crippen LogP contribution in [0, 0.1) is 5.92 Å². The minimum absolute atomic E-state index is 0.0254. The number of fused-ring (bicyclic) bond motifs is 2. The first-order chi connectivity index (χ1) is 9.63. The predicted molar refractivity (Wildman–Crippen MR) is 75.0 cm³/mol. The van der Waals surface area contributed by atoms with Gasteiger partial charge in [0.2, 0.25) is 5.91 Å². The zero-order valence-corrected chi connectivity index (χ0v) is 12.0. The van der Waals surface area contributed by atoms with Crippen molar-refractivity contribution in [1.29, 1.82) is 0 Å². The molecule has 3 atom stereocenters. The molecule has 3 rings (SSSR count). The smallest absolute Gasteiger partial charge is 0.227 e. The summed E-state index contributed by atoms with van der Waals surface area (Å²) in [6.07, 6.45) is 4.75. The molecule has 2 fully saturated rings. The Morgan fingerprint density at radius 1 is 1.40 bits per heavy atom. The Bertz CT molecular complexity index is 477. The molecule has 1 aromatic heterocycles. The number of likely N-dealkylation sites (tertiary alicyclic amines) is 1. The van der Waals surface area contributed by atoms with Crippen molar-refractivity contribution in [3.63, 3.8) is 0 Å². The third-order valence-corrected chi connectivity index (χ3v) is 4.15. The number of aromatic nitrogens is 1. The molecule has 0 spiro atoms. The molecule has 5 nitrogen and oxygen atoms in total. The van der Waals surface area contributed by atoms with Gasteiger partial charge < -0.3 is 9.64 Å². The fourth-order valence-electron chi connectivity index (χ4n) is 3.20. The number of rotatable bonds is 3. The largest absolute Gasteiger partial charge is 0.371 e. The molecule has 0 N–H and O–H groups in total. The summed E-state index contributed by atoms with van der Waals surface area (Å²) in [5.74, 6) is 0.223. The summed E-state index contributed by atoms with van der Waals surface area (Å²) in [7, 11) is 3.64. The second kappa shape index (κ2) is 5.50. The molecule has 0 saturated carbocycles. The van der Waals surface area contributed by atoms with Crippen LogP contribution >= 0.6 is 0 Å². The van der Waals surface area contributed by atoms with Crippen LogP contribution < -0.4 is 0 Å². The standard InChI is InChI=1S/C15H21N3O2/c1-17(2)15(19)13-7-12-9-18(10-14(13)20-12)8-11-3-5-16-6-4-11/h3-6,12-14H,7-10H2,1-2H3/t12-,13+,14-/m0/s1. The van der Waals surface area contributed by atoms with Crippen molar-refractivity contribution in [3.05, 3.63) is 30.1 Å². The molecule has 2 aliphatic heterocycles. The molecule has 2 aliphatic rings. The third kappa shape index (κ3) is 2.69. The van der Waals surface area contributed by atoms with Gasteiger partial charge in [-0.05, 0) is 24.1 Å². The summed E-state index contributed by atoms with van der Waals surface area (Å²) in [6.45, 7) is 2.65. The molecule has 1 amide bonds. The van der Waals surface area contributed by atoms with Gasteiger partial charge in [-0.2, -0.15) is 0 Å². The highest BCUT2D eigenvalue weighted by atomic mass is 16.5. The quantitative estimate of drug-likeness (QED) is 0.817. The van der Waals surface area contributed by atoms with Crippen molar-refractivity contribution in [2.75, 3.05) is 27.2 Å². The van der Waals surface area contributed by atoms with Gasteiger partial charge >= 0.3 is 0 Å². The van der Waals surface area contributed by atoms with E-state index in [1.54, 1.807) is 4.90 Å². The SMILES string of the molecule is CN(C)C(=O)[C@@H]1C[C@H]2CN(Cc3ccncc3)C[C@@H]1O2. The Balaban J connectivity index is 1.65. The molecule has 1 aromatic rings. The lowest BCUT2D eigenvalue weighted by molar-refractivity contribution is -0.136. The van der Waals surface area contributed by atoms with E-state index in [4.69, 9.17) is 4.74 Å². The van der Waals surface area contributed by atoms with Crippen LogP contribution in [0.25, 0.3) is 0 Å². The molecule has 2 saturated heterocycles. The van der Waals surface area contributed by atoms with Gasteiger partial charge in [0.25, 0.3) is 0 Å². The van der Waals surface area contributed by atoms with Crippen molar-refractivity contribution < 1.29 is 9.53 Å². The Labute approximate surface area is 119 Å². The highest BCUT2D eigenvalue weighted by Gasteiger charge is 2.44. The van der Waals surface area contributed by atoms with Gasteiger partial charge in [0.1, 0.15) is 0 Å². The molecule has 5 heteroatoms. The molecule has 108 valence electrons. The van der Waals surface area contributed by atoms with E-state index in [-0.39, 0.29) is 24.0 Å². The average Bonchev–Trinajstić information content (AvgIpc) is 2.74. The number of nitrogens with zero attached hydrogens (tertiary/aromatic N) is 3. The lowest BCUT2D eigenvalue weighted by Gasteiger charge is -2.33. The topological polar surface area (TPSA) is 45.7 Å². The van der Waals surface area contributed by atoms with Gasteiger partial charge in [-0.25, -0.2) is 0 Å². The van der Waals surface area contributed by atoms with E-state index in [1.807, 2.05) is 38.6 Å². The second-order valence-corrected chi connectivity index (χ2v) is 5.92. The van der Waals surface area contributed by atoms with Crippen LogP contribution in [0.4, 0.5) is 0 Å². The Morgan fingerprint density at radius 3 is 2.85 bits per heavy atom. The maximum atomic E-state index is 12.2. The number of hydrogen-bond donors (Lipinski definition) is 0. The number of amides is 1. The van der Waals surface area contributed by atoms with Crippen molar-refractivity contribution in [2.24, 2.45) is 5.92 Å². The van der Waals surface area contributed by atoms with Crippen molar-refractivity contribution in [3.8, 4) is 0 Å². The lowest BCUT2D eigenvalue weighted by atomic mass is 9.99. The molecule has 0 radical (unpaired) electrons. The third-order valence-electron chi connectivity index (χ3n) is 4.15. The van der Waals surface area contributed by atoms with Crippen LogP contribution in [-0.2, 0) is 16.1 Å². The minimum Gasteiger partial charge on any atom is -0.371 e. The average molecular weight is 275 g/mol. The first-order valence-electron chi connectivity index (χ1n) is 7.11. The normalized spacial score (nSPS) is 29.4. The van der Waals surface area contributed by atoms with E-state index in [9.17, 15) is 4.79 Å². The molecular formula is C15H21N3O2. The molecule has 0 aromatic carbocycles. The molecule has 3 heterocycles. The summed E-state index contributed by atoms with van der Waals surface area (Å²) >= 11 is 0. The summed E-state index contributed by atoms with van der Waals surface area (Å²) in [5, 5.41) is 0. The maximum Gasteiger partial charge on any atom is 0.227 e. The van der Waals surface area contributed by atoms with Gasteiger partial charge in [-0.1, -0.05) is 0 Å². The van der Waals surface area contributed by atoms with Crippen LogP contribution in [0.5, 0.6) is 0 Å². The first kappa shape index (κ1) is 13.5. The predicted octanol–water partition coefficient (Wildman–Crippen LogP) is 0.759. The summed E-state index contributed by atoms with van der Waals surface area (Å²) in [5.41, 5.74) is 1.26. The molecule has 2 bridgehead atoms. The highest BCUT2D eigenvalue weighted by molar-refractivity contribution is 5.79. The van der Waals surface area contributed by atoms with Crippen LogP contribution in [0.15, 0.2) is 24.5 Å². The summed E-state index contributed by atoms with van der Waals surface area (Å²) < 4.78 is 5.95. The first-order valence-corrected chi connectivity index (χ1v) is 7.11. The molecule has 0 unspecified atom stereocenters. The van der Waals surface area contributed by atoms with E-state index in [1.165, 1.54) is 5.56 Å². The monoisotopic (exact) mass is 275 g/mol. The van der Waals surface area contributed by atoms with E-state index in [0.29, 0.717) is 0 Å². The highest BCUT2D eigenvalue weighted by Crippen LogP contribution is 2.33. The Kier molecular flexibility index (Phi) is 3.72. The van der Waals surface area contributed by atoms with Crippen LogP contribution in [0.3, 0.4) is 0 Å². The fraction of sp³-hybridized carbons (Fsp3) is 0.600. The number of morpholine rings is 1. The Hall–Kier alpha value is -1.46. The van der Waals surface area contributed by atoms with Gasteiger partial charge in [0.05, 0.1) is 18.1 Å². The maximum absolute atomic E-state index is 12.2. The number of carbonyl (C=O) groups excluding carboxylic acids is 1. The van der Waals surface area contributed by atoms with E-state index in [2.05, 4.69) is 9.88 Å². The van der Waals surface area contributed by atoms with Gasteiger partial charge in [0.15, 0.2) is 0 Å². The van der Waals surface area contributed by atoms with E-state index >= 15 is 0 Å². The summed E-state index contributed by atoms with van der Waals surface area (Å²) in [6, 6.07) is 4.08. The molecule has 0 aliphatic carbocycles. The van der Waals surface area contributed by atoms with Gasteiger partial charge in [-0.15, -0.1) is 0 Å². The zero-order valence-electron chi connectivity index (χ0n) is 12.0. The lowest BCUT2D eigenvalue weighted by Crippen LogP contribution is -2.44. The second-order valence-electron chi connectivity index (χ2n) is 5.92. The number of hydrogen-bond acceptors (Lipinski definition) is 4. The zero-order chi connectivity index (χ0) is 14.1. The number of pyridine rings is 1. The molecule has 20 heavy (non-hydrogen) atoms. The van der Waals surface area contributed by atoms with Crippen molar-refractivity contribution in [2.45, 2.75) is 25.2 Å². The van der Waals surface area contributed by atoms with Crippen molar-refractivity contribution >= 4 is 5.91 Å². The summed E-state index contributed by atoms with van der Waals surface area (Å²) in [4.78, 5) is 20.3. The van der Waals surface area contributed by atoms with E-state index < -0.39 is 0 Å². The fourth-order valence-corrected chi connectivity index (χ4v) is 3.20. The van der Waals surface area contributed by atoms with Gasteiger partial charge in [-0.3, -0.25) is 14.7 Å². The van der Waals surface area contributed by atoms with Crippen LogP contribution in [0.2, 0.25) is 0 Å². The van der Waals surface area contributed by atoms with Crippen molar-refractivity contribution in [1.82, 2.24) is 14.8 Å². The minimum atomic E-state index is 0.0254. The number of carbonyl (C=O) groups is 1. The number of ether oxygens (including phenoxy) is 1. The molecular weight excluding hydrogens is 254 g/mol. The van der Waals surface area contributed by atoms with Gasteiger partial charge in [0, 0.05) is 46.1 Å². The Morgan fingerprint density at radius 2 is 2.15 bits per heavy atom. The van der Waals surface area contributed by atoms with Crippen LogP contribution in [0.1, 0.15) is 12.0 Å².